The Hall–Kier alpha value is -2.82. The van der Waals surface area contributed by atoms with E-state index in [1.807, 2.05) is 44.2 Å². The van der Waals surface area contributed by atoms with Gasteiger partial charge >= 0.3 is 5.97 Å². The van der Waals surface area contributed by atoms with E-state index in [4.69, 9.17) is 9.47 Å². The highest BCUT2D eigenvalue weighted by Gasteiger charge is 2.36. The number of hydrogen-bond donors (Lipinski definition) is 0. The van der Waals surface area contributed by atoms with Gasteiger partial charge in [-0.3, -0.25) is 9.59 Å². The Labute approximate surface area is 147 Å². The number of ether oxygens (including phenoxy) is 2. The third-order valence-electron chi connectivity index (χ3n) is 4.45. The topological polar surface area (TPSA) is 55.8 Å². The maximum atomic E-state index is 12.5. The summed E-state index contributed by atoms with van der Waals surface area (Å²) in [6, 6.07) is 13.0. The molecule has 1 aliphatic heterocycles. The summed E-state index contributed by atoms with van der Waals surface area (Å²) >= 11 is 0. The standard InChI is InChI=1S/C20H21NO4/c1-13-5-4-6-14(2)19(13)25-20(23)15-11-18(22)21(12-15)16-7-9-17(24-3)10-8-16/h4-10,15H,11-12H2,1-3H3/t15-/m0/s1. The molecule has 1 amide bonds. The van der Waals surface area contributed by atoms with E-state index in [-0.39, 0.29) is 18.3 Å². The van der Waals surface area contributed by atoms with Crippen LogP contribution in [0.5, 0.6) is 11.5 Å². The van der Waals surface area contributed by atoms with Crippen LogP contribution in [0.2, 0.25) is 0 Å². The summed E-state index contributed by atoms with van der Waals surface area (Å²) in [7, 11) is 1.59. The average molecular weight is 339 g/mol. The molecule has 1 saturated heterocycles. The molecule has 0 spiro atoms. The maximum absolute atomic E-state index is 12.5. The van der Waals surface area contributed by atoms with Crippen molar-refractivity contribution in [1.29, 1.82) is 0 Å². The number of amides is 1. The fourth-order valence-electron chi connectivity index (χ4n) is 3.02. The molecule has 25 heavy (non-hydrogen) atoms. The van der Waals surface area contributed by atoms with E-state index in [1.165, 1.54) is 0 Å². The highest BCUT2D eigenvalue weighted by atomic mass is 16.5. The zero-order chi connectivity index (χ0) is 18.0. The minimum absolute atomic E-state index is 0.0753. The Morgan fingerprint density at radius 3 is 2.32 bits per heavy atom. The SMILES string of the molecule is COc1ccc(N2C[C@@H](C(=O)Oc3c(C)cccc3C)CC2=O)cc1. The fraction of sp³-hybridized carbons (Fsp3) is 0.300. The summed E-state index contributed by atoms with van der Waals surface area (Å²) < 4.78 is 10.7. The molecule has 1 atom stereocenters. The van der Waals surface area contributed by atoms with Crippen LogP contribution >= 0.6 is 0 Å². The normalized spacial score (nSPS) is 16.8. The Balaban J connectivity index is 1.72. The van der Waals surface area contributed by atoms with Crippen LogP contribution in [0, 0.1) is 19.8 Å². The molecular formula is C20H21NO4. The molecule has 130 valence electrons. The van der Waals surface area contributed by atoms with Crippen molar-refractivity contribution >= 4 is 17.6 Å². The van der Waals surface area contributed by atoms with Gasteiger partial charge in [-0.05, 0) is 49.2 Å². The summed E-state index contributed by atoms with van der Waals surface area (Å²) in [5, 5.41) is 0. The lowest BCUT2D eigenvalue weighted by Gasteiger charge is -2.17. The molecule has 1 aliphatic rings. The van der Waals surface area contributed by atoms with Crippen molar-refractivity contribution in [3.8, 4) is 11.5 Å². The molecule has 5 heteroatoms. The predicted molar refractivity (Wildman–Crippen MR) is 95.0 cm³/mol. The smallest absolute Gasteiger partial charge is 0.316 e. The first-order chi connectivity index (χ1) is 12.0. The summed E-state index contributed by atoms with van der Waals surface area (Å²) in [5.41, 5.74) is 2.57. The molecule has 0 bridgehead atoms. The van der Waals surface area contributed by atoms with Crippen molar-refractivity contribution in [2.75, 3.05) is 18.6 Å². The van der Waals surface area contributed by atoms with Gasteiger partial charge in [0.1, 0.15) is 11.5 Å². The number of carbonyl (C=O) groups is 2. The molecule has 1 heterocycles. The van der Waals surface area contributed by atoms with Crippen LogP contribution in [0.25, 0.3) is 0 Å². The Kier molecular flexibility index (Phi) is 4.74. The van der Waals surface area contributed by atoms with Gasteiger partial charge in [0, 0.05) is 18.7 Å². The number of benzene rings is 2. The van der Waals surface area contributed by atoms with Gasteiger partial charge in [0.2, 0.25) is 5.91 Å². The van der Waals surface area contributed by atoms with Crippen LogP contribution in [0.1, 0.15) is 17.5 Å². The molecule has 2 aromatic carbocycles. The Morgan fingerprint density at radius 1 is 1.08 bits per heavy atom. The minimum Gasteiger partial charge on any atom is -0.497 e. The van der Waals surface area contributed by atoms with Gasteiger partial charge in [0.25, 0.3) is 0 Å². The molecule has 0 saturated carbocycles. The first-order valence-corrected chi connectivity index (χ1v) is 8.22. The molecule has 0 radical (unpaired) electrons. The van der Waals surface area contributed by atoms with Gasteiger partial charge in [-0.15, -0.1) is 0 Å². The predicted octanol–water partition coefficient (Wildman–Crippen LogP) is 3.27. The lowest BCUT2D eigenvalue weighted by Crippen LogP contribution is -2.27. The first-order valence-electron chi connectivity index (χ1n) is 8.22. The number of anilines is 1. The van der Waals surface area contributed by atoms with Gasteiger partial charge < -0.3 is 14.4 Å². The number of methoxy groups -OCH3 is 1. The molecule has 0 aliphatic carbocycles. The number of hydrogen-bond acceptors (Lipinski definition) is 4. The highest BCUT2D eigenvalue weighted by Crippen LogP contribution is 2.29. The van der Waals surface area contributed by atoms with Crippen LogP contribution in [0.4, 0.5) is 5.69 Å². The minimum atomic E-state index is -0.464. The third-order valence-corrected chi connectivity index (χ3v) is 4.45. The molecule has 5 nitrogen and oxygen atoms in total. The summed E-state index contributed by atoms with van der Waals surface area (Å²) in [6.07, 6.45) is 0.162. The van der Waals surface area contributed by atoms with Gasteiger partial charge in [0.15, 0.2) is 0 Å². The second kappa shape index (κ2) is 6.97. The quantitative estimate of drug-likeness (QED) is 0.634. The number of nitrogens with zero attached hydrogens (tertiary/aromatic N) is 1. The van der Waals surface area contributed by atoms with Gasteiger partial charge in [-0.2, -0.15) is 0 Å². The molecule has 0 unspecified atom stereocenters. The second-order valence-electron chi connectivity index (χ2n) is 6.25. The fourth-order valence-corrected chi connectivity index (χ4v) is 3.02. The van der Waals surface area contributed by atoms with Crippen LogP contribution < -0.4 is 14.4 Å². The lowest BCUT2D eigenvalue weighted by atomic mass is 10.1. The van der Waals surface area contributed by atoms with Gasteiger partial charge in [-0.1, -0.05) is 18.2 Å². The van der Waals surface area contributed by atoms with Gasteiger partial charge in [-0.25, -0.2) is 0 Å². The van der Waals surface area contributed by atoms with E-state index in [0.717, 1.165) is 22.6 Å². The zero-order valence-corrected chi connectivity index (χ0v) is 14.6. The molecule has 2 aromatic rings. The zero-order valence-electron chi connectivity index (χ0n) is 14.6. The average Bonchev–Trinajstić information content (AvgIpc) is 3.00. The van der Waals surface area contributed by atoms with E-state index in [9.17, 15) is 9.59 Å². The van der Waals surface area contributed by atoms with E-state index in [1.54, 1.807) is 24.1 Å². The van der Waals surface area contributed by atoms with Crippen molar-refractivity contribution in [2.24, 2.45) is 5.92 Å². The Bertz CT molecular complexity index is 778. The molecule has 3 rings (SSSR count). The summed E-state index contributed by atoms with van der Waals surface area (Å²) in [6.45, 7) is 4.13. The second-order valence-corrected chi connectivity index (χ2v) is 6.25. The van der Waals surface area contributed by atoms with Crippen molar-refractivity contribution in [3.63, 3.8) is 0 Å². The van der Waals surface area contributed by atoms with Crippen molar-refractivity contribution in [2.45, 2.75) is 20.3 Å². The van der Waals surface area contributed by atoms with Crippen LogP contribution in [-0.4, -0.2) is 25.5 Å². The molecule has 0 N–H and O–H groups in total. The van der Waals surface area contributed by atoms with Crippen molar-refractivity contribution in [3.05, 3.63) is 53.6 Å². The molecule has 0 aromatic heterocycles. The monoisotopic (exact) mass is 339 g/mol. The summed E-state index contributed by atoms with van der Waals surface area (Å²) in [4.78, 5) is 26.5. The number of rotatable bonds is 4. The number of carbonyl (C=O) groups excluding carboxylic acids is 2. The Morgan fingerprint density at radius 2 is 1.72 bits per heavy atom. The number of aryl methyl sites for hydroxylation is 2. The van der Waals surface area contributed by atoms with Crippen molar-refractivity contribution in [1.82, 2.24) is 0 Å². The van der Waals surface area contributed by atoms with Gasteiger partial charge in [0.05, 0.1) is 13.0 Å². The largest absolute Gasteiger partial charge is 0.497 e. The summed E-state index contributed by atoms with van der Waals surface area (Å²) in [5.74, 6) is 0.410. The van der Waals surface area contributed by atoms with E-state index in [2.05, 4.69) is 0 Å². The highest BCUT2D eigenvalue weighted by molar-refractivity contribution is 5.99. The lowest BCUT2D eigenvalue weighted by molar-refractivity contribution is -0.139. The van der Waals surface area contributed by atoms with Crippen LogP contribution in [-0.2, 0) is 9.59 Å². The third kappa shape index (κ3) is 3.50. The molecule has 1 fully saturated rings. The van der Waals surface area contributed by atoms with E-state index < -0.39 is 5.92 Å². The first kappa shape index (κ1) is 17.0. The maximum Gasteiger partial charge on any atom is 0.316 e. The van der Waals surface area contributed by atoms with E-state index in [0.29, 0.717) is 12.3 Å². The van der Waals surface area contributed by atoms with Crippen LogP contribution in [0.3, 0.4) is 0 Å². The molecular weight excluding hydrogens is 318 g/mol. The van der Waals surface area contributed by atoms with Crippen molar-refractivity contribution < 1.29 is 19.1 Å². The number of para-hydroxylation sites is 1. The van der Waals surface area contributed by atoms with E-state index >= 15 is 0 Å². The van der Waals surface area contributed by atoms with Crippen LogP contribution in [0.15, 0.2) is 42.5 Å². The number of esters is 1.